The average molecular weight is 323 g/mol. The van der Waals surface area contributed by atoms with Gasteiger partial charge in [-0.05, 0) is 25.7 Å². The maximum absolute atomic E-state index is 11.4. The van der Waals surface area contributed by atoms with Gasteiger partial charge >= 0.3 is 0 Å². The highest BCUT2D eigenvalue weighted by Gasteiger charge is 2.21. The van der Waals surface area contributed by atoms with Gasteiger partial charge in [0.15, 0.2) is 0 Å². The van der Waals surface area contributed by atoms with E-state index in [4.69, 9.17) is 0 Å². The van der Waals surface area contributed by atoms with Crippen LogP contribution in [0.25, 0.3) is 0 Å². The predicted octanol–water partition coefficient (Wildman–Crippen LogP) is 4.32. The van der Waals surface area contributed by atoms with Gasteiger partial charge in [-0.3, -0.25) is 4.55 Å². The van der Waals surface area contributed by atoms with Crippen molar-refractivity contribution in [2.45, 2.75) is 102 Å². The highest BCUT2D eigenvalue weighted by molar-refractivity contribution is 7.86. The lowest BCUT2D eigenvalue weighted by Gasteiger charge is -2.14. The van der Waals surface area contributed by atoms with Gasteiger partial charge < -0.3 is 5.11 Å². The van der Waals surface area contributed by atoms with Crippen molar-refractivity contribution in [2.24, 2.45) is 0 Å². The summed E-state index contributed by atoms with van der Waals surface area (Å²) in [6, 6.07) is 0. The van der Waals surface area contributed by atoms with Gasteiger partial charge in [0.1, 0.15) is 0 Å². The molecule has 5 heteroatoms. The number of hydrogen-bond donors (Lipinski definition) is 2. The first-order chi connectivity index (χ1) is 9.91. The molecule has 0 amide bonds. The molecular formula is C16H34O4S. The summed E-state index contributed by atoms with van der Waals surface area (Å²) in [5.41, 5.74) is 0. The van der Waals surface area contributed by atoms with Gasteiger partial charge in [0, 0.05) is 0 Å². The lowest BCUT2D eigenvalue weighted by atomic mass is 10.0. The molecule has 4 nitrogen and oxygen atoms in total. The van der Waals surface area contributed by atoms with Gasteiger partial charge in [0.05, 0.1) is 11.4 Å². The maximum atomic E-state index is 11.4. The molecule has 0 aliphatic heterocycles. The normalized spacial score (nSPS) is 15.0. The van der Waals surface area contributed by atoms with E-state index in [1.54, 1.807) is 0 Å². The molecule has 0 saturated heterocycles. The molecule has 0 bridgehead atoms. The molecule has 2 N–H and O–H groups in total. The topological polar surface area (TPSA) is 74.6 Å². The van der Waals surface area contributed by atoms with Crippen molar-refractivity contribution in [3.05, 3.63) is 0 Å². The summed E-state index contributed by atoms with van der Waals surface area (Å²) < 4.78 is 32.0. The first kappa shape index (κ1) is 20.9. The molecule has 0 aromatic rings. The Labute approximate surface area is 131 Å². The third-order valence-electron chi connectivity index (χ3n) is 3.99. The molecule has 0 saturated carbocycles. The van der Waals surface area contributed by atoms with Crippen LogP contribution in [0.4, 0.5) is 0 Å². The molecule has 21 heavy (non-hydrogen) atoms. The number of unbranched alkanes of at least 4 members (excludes halogenated alkanes) is 5. The summed E-state index contributed by atoms with van der Waals surface area (Å²) in [7, 11) is -3.91. The van der Waals surface area contributed by atoms with E-state index in [0.29, 0.717) is 12.8 Å². The fraction of sp³-hybridized carbons (Fsp3) is 1.00. The van der Waals surface area contributed by atoms with Gasteiger partial charge in [-0.1, -0.05) is 65.2 Å². The van der Waals surface area contributed by atoms with Gasteiger partial charge in [-0.2, -0.15) is 8.42 Å². The van der Waals surface area contributed by atoms with Crippen LogP contribution in [0.3, 0.4) is 0 Å². The van der Waals surface area contributed by atoms with E-state index in [-0.39, 0.29) is 6.10 Å². The summed E-state index contributed by atoms with van der Waals surface area (Å²) >= 11 is 0. The van der Waals surface area contributed by atoms with Gasteiger partial charge in [-0.25, -0.2) is 0 Å². The second kappa shape index (κ2) is 12.4. The van der Waals surface area contributed by atoms with Crippen LogP contribution < -0.4 is 0 Å². The Morgan fingerprint density at radius 3 is 1.76 bits per heavy atom. The molecule has 0 aromatic heterocycles. The summed E-state index contributed by atoms with van der Waals surface area (Å²) in [6.45, 7) is 4.17. The predicted molar refractivity (Wildman–Crippen MR) is 88.1 cm³/mol. The lowest BCUT2D eigenvalue weighted by molar-refractivity contribution is 0.150. The zero-order valence-electron chi connectivity index (χ0n) is 13.8. The third kappa shape index (κ3) is 12.1. The average Bonchev–Trinajstić information content (AvgIpc) is 2.39. The molecule has 0 fully saturated rings. The van der Waals surface area contributed by atoms with E-state index in [2.05, 4.69) is 13.8 Å². The van der Waals surface area contributed by atoms with Crippen LogP contribution >= 0.6 is 0 Å². The zero-order valence-corrected chi connectivity index (χ0v) is 14.6. The molecule has 0 heterocycles. The monoisotopic (exact) mass is 322 g/mol. The first-order valence-corrected chi connectivity index (χ1v) is 10.1. The van der Waals surface area contributed by atoms with Gasteiger partial charge in [0.25, 0.3) is 10.1 Å². The fourth-order valence-corrected chi connectivity index (χ4v) is 3.58. The largest absolute Gasteiger partial charge is 0.393 e. The molecule has 128 valence electrons. The Bertz CT molecular complexity index is 327. The van der Waals surface area contributed by atoms with E-state index in [0.717, 1.165) is 64.2 Å². The molecule has 0 aromatic carbocycles. The van der Waals surface area contributed by atoms with Crippen LogP contribution in [-0.4, -0.2) is 29.4 Å². The van der Waals surface area contributed by atoms with Crippen LogP contribution in [0.5, 0.6) is 0 Å². The van der Waals surface area contributed by atoms with Crippen molar-refractivity contribution < 1.29 is 18.1 Å². The Hall–Kier alpha value is -0.130. The van der Waals surface area contributed by atoms with Crippen LogP contribution in [-0.2, 0) is 10.1 Å². The number of rotatable bonds is 14. The molecule has 2 atom stereocenters. The lowest BCUT2D eigenvalue weighted by Crippen LogP contribution is -2.20. The third-order valence-corrected chi connectivity index (χ3v) is 5.30. The molecule has 2 unspecified atom stereocenters. The van der Waals surface area contributed by atoms with E-state index in [9.17, 15) is 18.1 Å². The quantitative estimate of drug-likeness (QED) is 0.369. The molecule has 0 radical (unpaired) electrons. The molecule has 0 aliphatic carbocycles. The second-order valence-electron chi connectivity index (χ2n) is 6.07. The van der Waals surface area contributed by atoms with Gasteiger partial charge in [0.2, 0.25) is 0 Å². The van der Waals surface area contributed by atoms with Crippen LogP contribution in [0.1, 0.15) is 90.9 Å². The van der Waals surface area contributed by atoms with E-state index >= 15 is 0 Å². The smallest absolute Gasteiger partial charge is 0.267 e. The SMILES string of the molecule is CCCCCCC(CCCCCC(O)CCC)S(=O)(=O)O. The summed E-state index contributed by atoms with van der Waals surface area (Å²) in [5, 5.41) is 9.02. The van der Waals surface area contributed by atoms with Gasteiger partial charge in [-0.15, -0.1) is 0 Å². The van der Waals surface area contributed by atoms with Crippen molar-refractivity contribution in [3.8, 4) is 0 Å². The van der Waals surface area contributed by atoms with Crippen molar-refractivity contribution in [1.29, 1.82) is 0 Å². The minimum Gasteiger partial charge on any atom is -0.393 e. The Morgan fingerprint density at radius 2 is 1.29 bits per heavy atom. The molecule has 0 aliphatic rings. The second-order valence-corrected chi connectivity index (χ2v) is 7.76. The van der Waals surface area contributed by atoms with Crippen LogP contribution in [0.2, 0.25) is 0 Å². The highest BCUT2D eigenvalue weighted by atomic mass is 32.2. The van der Waals surface area contributed by atoms with E-state index in [1.807, 2.05) is 0 Å². The first-order valence-electron chi connectivity index (χ1n) is 8.56. The standard InChI is InChI=1S/C16H34O4S/c1-3-5-6-9-13-16(21(18,19)20)14-10-7-8-12-15(17)11-4-2/h15-17H,3-14H2,1-2H3,(H,18,19,20). The minimum atomic E-state index is -3.91. The molecule has 0 rings (SSSR count). The maximum Gasteiger partial charge on any atom is 0.267 e. The van der Waals surface area contributed by atoms with Crippen molar-refractivity contribution in [1.82, 2.24) is 0 Å². The Balaban J connectivity index is 3.87. The van der Waals surface area contributed by atoms with E-state index in [1.165, 1.54) is 0 Å². The number of aliphatic hydroxyl groups is 1. The number of aliphatic hydroxyl groups excluding tert-OH is 1. The van der Waals surface area contributed by atoms with Crippen molar-refractivity contribution in [2.75, 3.05) is 0 Å². The molecular weight excluding hydrogens is 288 g/mol. The van der Waals surface area contributed by atoms with Crippen LogP contribution in [0, 0.1) is 0 Å². The summed E-state index contributed by atoms with van der Waals surface area (Å²) in [6.07, 6.45) is 10.3. The Morgan fingerprint density at radius 1 is 0.762 bits per heavy atom. The Kier molecular flexibility index (Phi) is 12.3. The number of hydrogen-bond acceptors (Lipinski definition) is 3. The minimum absolute atomic E-state index is 0.221. The summed E-state index contributed by atoms with van der Waals surface area (Å²) in [4.78, 5) is 0. The molecule has 0 spiro atoms. The van der Waals surface area contributed by atoms with Crippen molar-refractivity contribution >= 4 is 10.1 Å². The van der Waals surface area contributed by atoms with Crippen molar-refractivity contribution in [3.63, 3.8) is 0 Å². The highest BCUT2D eigenvalue weighted by Crippen LogP contribution is 2.18. The van der Waals surface area contributed by atoms with Crippen LogP contribution in [0.15, 0.2) is 0 Å². The van der Waals surface area contributed by atoms with E-state index < -0.39 is 15.4 Å². The fourth-order valence-electron chi connectivity index (χ4n) is 2.65. The summed E-state index contributed by atoms with van der Waals surface area (Å²) in [5.74, 6) is 0. The zero-order chi connectivity index (χ0) is 16.1.